The molecule has 0 radical (unpaired) electrons. The second-order valence-corrected chi connectivity index (χ2v) is 7.35. The quantitative estimate of drug-likeness (QED) is 0.715. The molecule has 0 aromatic heterocycles. The van der Waals surface area contributed by atoms with Crippen LogP contribution in [0.15, 0.2) is 0 Å². The predicted molar refractivity (Wildman–Crippen MR) is 62.6 cm³/mol. The summed E-state index contributed by atoms with van der Waals surface area (Å²) in [6, 6.07) is -0.583. The molecule has 5 nitrogen and oxygen atoms in total. The minimum Gasteiger partial charge on any atom is -0.349 e. The summed E-state index contributed by atoms with van der Waals surface area (Å²) in [5.41, 5.74) is 5.05. The summed E-state index contributed by atoms with van der Waals surface area (Å²) in [5.74, 6) is -0.0757. The summed E-state index contributed by atoms with van der Waals surface area (Å²) in [6.45, 7) is 5.47. The largest absolute Gasteiger partial charge is 0.349 e. The molecule has 1 heterocycles. The Morgan fingerprint density at radius 1 is 1.44 bits per heavy atom. The lowest BCUT2D eigenvalue weighted by Gasteiger charge is -2.26. The molecule has 2 unspecified atom stereocenters. The van der Waals surface area contributed by atoms with E-state index in [1.165, 1.54) is 0 Å². The molecular formula is C10H20N2O3S. The van der Waals surface area contributed by atoms with Crippen molar-refractivity contribution < 1.29 is 13.2 Å². The van der Waals surface area contributed by atoms with Gasteiger partial charge >= 0.3 is 0 Å². The molecule has 1 saturated heterocycles. The van der Waals surface area contributed by atoms with E-state index >= 15 is 0 Å². The van der Waals surface area contributed by atoms with Gasteiger partial charge in [0.1, 0.15) is 0 Å². The first kappa shape index (κ1) is 13.4. The molecule has 6 heteroatoms. The Balaban J connectivity index is 2.65. The van der Waals surface area contributed by atoms with Crippen molar-refractivity contribution in [2.45, 2.75) is 38.8 Å². The van der Waals surface area contributed by atoms with E-state index in [-0.39, 0.29) is 23.3 Å². The zero-order valence-electron chi connectivity index (χ0n) is 9.99. The zero-order chi connectivity index (χ0) is 12.6. The van der Waals surface area contributed by atoms with Crippen molar-refractivity contribution in [2.75, 3.05) is 11.5 Å². The lowest BCUT2D eigenvalue weighted by atomic mass is 9.99. The van der Waals surface area contributed by atoms with Gasteiger partial charge in [0.25, 0.3) is 0 Å². The lowest BCUT2D eigenvalue weighted by molar-refractivity contribution is -0.124. The van der Waals surface area contributed by atoms with E-state index in [0.29, 0.717) is 6.42 Å². The Hall–Kier alpha value is -0.620. The van der Waals surface area contributed by atoms with E-state index in [4.69, 9.17) is 5.73 Å². The lowest BCUT2D eigenvalue weighted by Crippen LogP contribution is -2.54. The van der Waals surface area contributed by atoms with E-state index in [1.54, 1.807) is 6.92 Å². The van der Waals surface area contributed by atoms with Crippen molar-refractivity contribution in [3.8, 4) is 0 Å². The third kappa shape index (κ3) is 3.18. The fourth-order valence-corrected chi connectivity index (χ4v) is 3.89. The fourth-order valence-electron chi connectivity index (χ4n) is 1.79. The van der Waals surface area contributed by atoms with Crippen LogP contribution >= 0.6 is 0 Å². The zero-order valence-corrected chi connectivity index (χ0v) is 10.8. The van der Waals surface area contributed by atoms with Gasteiger partial charge in [-0.05, 0) is 19.3 Å². The number of hydrogen-bond donors (Lipinski definition) is 2. The summed E-state index contributed by atoms with van der Waals surface area (Å²) in [4.78, 5) is 11.7. The molecule has 1 rings (SSSR count). The Morgan fingerprint density at radius 2 is 2.00 bits per heavy atom. The summed E-state index contributed by atoms with van der Waals surface area (Å²) in [7, 11) is -3.00. The molecule has 0 aliphatic carbocycles. The highest BCUT2D eigenvalue weighted by Crippen LogP contribution is 2.23. The molecule has 0 aromatic carbocycles. The molecule has 3 N–H and O–H groups in total. The van der Waals surface area contributed by atoms with Crippen molar-refractivity contribution in [3.05, 3.63) is 0 Å². The van der Waals surface area contributed by atoms with Gasteiger partial charge in [-0.2, -0.15) is 0 Å². The third-order valence-corrected chi connectivity index (χ3v) is 4.85. The van der Waals surface area contributed by atoms with Gasteiger partial charge < -0.3 is 11.1 Å². The maximum Gasteiger partial charge on any atom is 0.237 e. The van der Waals surface area contributed by atoms with E-state index in [0.717, 1.165) is 0 Å². The highest BCUT2D eigenvalue weighted by Gasteiger charge is 2.40. The molecule has 2 atom stereocenters. The van der Waals surface area contributed by atoms with Crippen LogP contribution in [0.3, 0.4) is 0 Å². The summed E-state index contributed by atoms with van der Waals surface area (Å²) in [5, 5.41) is 2.75. The number of amides is 1. The molecule has 1 aliphatic rings. The third-order valence-electron chi connectivity index (χ3n) is 2.95. The second-order valence-electron chi connectivity index (χ2n) is 5.16. The molecule has 0 bridgehead atoms. The molecule has 94 valence electrons. The minimum absolute atomic E-state index is 0.0105. The van der Waals surface area contributed by atoms with Gasteiger partial charge in [0.2, 0.25) is 5.91 Å². The smallest absolute Gasteiger partial charge is 0.237 e. The van der Waals surface area contributed by atoms with Crippen LogP contribution in [0.4, 0.5) is 0 Å². The standard InChI is InChI=1S/C10H20N2O3S/c1-7(2)8(11)9(13)12-10(3)4-5-16(14,15)6-10/h7-8H,4-6,11H2,1-3H3,(H,12,13). The van der Waals surface area contributed by atoms with Gasteiger partial charge in [0.05, 0.1) is 23.1 Å². The van der Waals surface area contributed by atoms with Crippen molar-refractivity contribution in [1.82, 2.24) is 5.32 Å². The Morgan fingerprint density at radius 3 is 2.38 bits per heavy atom. The highest BCUT2D eigenvalue weighted by atomic mass is 32.2. The molecule has 0 aromatic rings. The Labute approximate surface area is 96.7 Å². The van der Waals surface area contributed by atoms with Crippen LogP contribution in [0.2, 0.25) is 0 Å². The predicted octanol–water partition coefficient (Wildman–Crippen LogP) is -0.337. The second kappa shape index (κ2) is 4.33. The van der Waals surface area contributed by atoms with Crippen LogP contribution in [0.5, 0.6) is 0 Å². The monoisotopic (exact) mass is 248 g/mol. The van der Waals surface area contributed by atoms with Crippen LogP contribution in [0.1, 0.15) is 27.2 Å². The molecule has 1 fully saturated rings. The van der Waals surface area contributed by atoms with E-state index in [1.807, 2.05) is 13.8 Å². The molecule has 0 spiro atoms. The number of hydrogen-bond acceptors (Lipinski definition) is 4. The average molecular weight is 248 g/mol. The first-order valence-electron chi connectivity index (χ1n) is 5.43. The van der Waals surface area contributed by atoms with Gasteiger partial charge in [-0.15, -0.1) is 0 Å². The number of sulfone groups is 1. The molecule has 0 saturated carbocycles. The molecule has 1 amide bonds. The minimum atomic E-state index is -3.00. The van der Waals surface area contributed by atoms with E-state index < -0.39 is 21.4 Å². The van der Waals surface area contributed by atoms with Crippen molar-refractivity contribution in [2.24, 2.45) is 11.7 Å². The SMILES string of the molecule is CC(C)C(N)C(=O)NC1(C)CCS(=O)(=O)C1. The summed E-state index contributed by atoms with van der Waals surface area (Å²) < 4.78 is 22.7. The molecular weight excluding hydrogens is 228 g/mol. The number of carbonyl (C=O) groups is 1. The highest BCUT2D eigenvalue weighted by molar-refractivity contribution is 7.91. The van der Waals surface area contributed by atoms with Crippen LogP contribution in [0.25, 0.3) is 0 Å². The molecule has 16 heavy (non-hydrogen) atoms. The van der Waals surface area contributed by atoms with Gasteiger partial charge in [0, 0.05) is 0 Å². The van der Waals surface area contributed by atoms with Gasteiger partial charge in [-0.25, -0.2) is 8.42 Å². The molecule has 1 aliphatic heterocycles. The van der Waals surface area contributed by atoms with Gasteiger partial charge in [0.15, 0.2) is 9.84 Å². The summed E-state index contributed by atoms with van der Waals surface area (Å²) in [6.07, 6.45) is 0.464. The maximum atomic E-state index is 11.7. The van der Waals surface area contributed by atoms with Crippen molar-refractivity contribution in [1.29, 1.82) is 0 Å². The first-order chi connectivity index (χ1) is 7.15. The van der Waals surface area contributed by atoms with Crippen LogP contribution < -0.4 is 11.1 Å². The van der Waals surface area contributed by atoms with Crippen LogP contribution in [-0.2, 0) is 14.6 Å². The Kier molecular flexibility index (Phi) is 3.64. The Bertz CT molecular complexity index is 378. The number of carbonyl (C=O) groups excluding carboxylic acids is 1. The van der Waals surface area contributed by atoms with E-state index in [2.05, 4.69) is 5.32 Å². The topological polar surface area (TPSA) is 89.3 Å². The number of rotatable bonds is 3. The average Bonchev–Trinajstić information content (AvgIpc) is 2.38. The number of nitrogens with two attached hydrogens (primary N) is 1. The van der Waals surface area contributed by atoms with Crippen molar-refractivity contribution in [3.63, 3.8) is 0 Å². The fraction of sp³-hybridized carbons (Fsp3) is 0.900. The van der Waals surface area contributed by atoms with Crippen LogP contribution in [-0.4, -0.2) is 37.4 Å². The van der Waals surface area contributed by atoms with Crippen LogP contribution in [0, 0.1) is 5.92 Å². The van der Waals surface area contributed by atoms with Gasteiger partial charge in [-0.1, -0.05) is 13.8 Å². The first-order valence-corrected chi connectivity index (χ1v) is 7.25. The van der Waals surface area contributed by atoms with E-state index in [9.17, 15) is 13.2 Å². The number of nitrogens with one attached hydrogen (secondary N) is 1. The maximum absolute atomic E-state index is 11.7. The van der Waals surface area contributed by atoms with Gasteiger partial charge in [-0.3, -0.25) is 4.79 Å². The summed E-state index contributed by atoms with van der Waals surface area (Å²) >= 11 is 0. The normalized spacial score (nSPS) is 30.3. The van der Waals surface area contributed by atoms with Crippen molar-refractivity contribution >= 4 is 15.7 Å².